The molecule has 0 saturated heterocycles. The Kier molecular flexibility index (Phi) is 13.7. The van der Waals surface area contributed by atoms with Gasteiger partial charge in [0.05, 0.1) is 13.2 Å². The first kappa shape index (κ1) is 32.0. The van der Waals surface area contributed by atoms with Crippen molar-refractivity contribution in [3.63, 3.8) is 0 Å². The molecule has 0 saturated carbocycles. The molecular weight excluding hydrogens is 503 g/mol. The molecule has 0 aliphatic rings. The maximum absolute atomic E-state index is 13.0. The van der Waals surface area contributed by atoms with Gasteiger partial charge < -0.3 is 29.5 Å². The van der Waals surface area contributed by atoms with Crippen molar-refractivity contribution in [2.45, 2.75) is 59.7 Å². The van der Waals surface area contributed by atoms with E-state index < -0.39 is 12.1 Å². The Balaban J connectivity index is 1.80. The topological polar surface area (TPSA) is 97.3 Å². The van der Waals surface area contributed by atoms with Gasteiger partial charge in [0.25, 0.3) is 0 Å². The SMILES string of the molecule is CCOC(Cc1ccc(OCCN(CCCCOCc2ccc(F)cc2)C(=O)NCC(C)(C)C)cc1)C(=O)O. The van der Waals surface area contributed by atoms with Gasteiger partial charge in [-0.25, -0.2) is 14.0 Å². The van der Waals surface area contributed by atoms with Crippen LogP contribution in [0.3, 0.4) is 0 Å². The largest absolute Gasteiger partial charge is 0.492 e. The zero-order valence-corrected chi connectivity index (χ0v) is 23.6. The summed E-state index contributed by atoms with van der Waals surface area (Å²) in [6, 6.07) is 13.3. The molecule has 1 unspecified atom stereocenters. The molecule has 2 rings (SSSR count). The second-order valence-electron chi connectivity index (χ2n) is 10.6. The van der Waals surface area contributed by atoms with E-state index in [4.69, 9.17) is 14.2 Å². The molecule has 0 heterocycles. The summed E-state index contributed by atoms with van der Waals surface area (Å²) in [7, 11) is 0. The van der Waals surface area contributed by atoms with Gasteiger partial charge in [0.2, 0.25) is 0 Å². The predicted octanol–water partition coefficient (Wildman–Crippen LogP) is 5.29. The molecule has 2 N–H and O–H groups in total. The van der Waals surface area contributed by atoms with Crippen molar-refractivity contribution in [2.75, 3.05) is 39.5 Å². The minimum Gasteiger partial charge on any atom is -0.492 e. The Morgan fingerprint density at radius 3 is 2.26 bits per heavy atom. The average Bonchev–Trinajstić information content (AvgIpc) is 2.89. The number of carboxylic acid groups (broad SMARTS) is 1. The summed E-state index contributed by atoms with van der Waals surface area (Å²) < 4.78 is 29.8. The lowest BCUT2D eigenvalue weighted by atomic mass is 9.97. The number of unbranched alkanes of at least 4 members (excludes halogenated alkanes) is 1. The Labute approximate surface area is 231 Å². The number of hydrogen-bond acceptors (Lipinski definition) is 5. The van der Waals surface area contributed by atoms with E-state index in [0.717, 1.165) is 24.0 Å². The van der Waals surface area contributed by atoms with Crippen molar-refractivity contribution in [1.82, 2.24) is 10.2 Å². The molecule has 0 spiro atoms. The minimum absolute atomic E-state index is 0.0322. The molecule has 8 nitrogen and oxygen atoms in total. The Morgan fingerprint density at radius 2 is 1.64 bits per heavy atom. The van der Waals surface area contributed by atoms with Gasteiger partial charge in [-0.05, 0) is 60.6 Å². The van der Waals surface area contributed by atoms with Gasteiger partial charge in [-0.3, -0.25) is 0 Å². The molecule has 0 aromatic heterocycles. The number of ether oxygens (including phenoxy) is 3. The molecule has 1 atom stereocenters. The van der Waals surface area contributed by atoms with Gasteiger partial charge in [-0.1, -0.05) is 45.0 Å². The zero-order chi connectivity index (χ0) is 28.7. The summed E-state index contributed by atoms with van der Waals surface area (Å²) in [4.78, 5) is 25.9. The summed E-state index contributed by atoms with van der Waals surface area (Å²) in [6.45, 7) is 11.1. The second kappa shape index (κ2) is 16.7. The van der Waals surface area contributed by atoms with Gasteiger partial charge in [0.15, 0.2) is 6.10 Å². The first-order valence-corrected chi connectivity index (χ1v) is 13.5. The molecule has 0 radical (unpaired) electrons. The van der Waals surface area contributed by atoms with Crippen LogP contribution in [0.5, 0.6) is 5.75 Å². The molecule has 2 aromatic rings. The Hall–Kier alpha value is -3.17. The summed E-state index contributed by atoms with van der Waals surface area (Å²) >= 11 is 0. The third-order valence-electron chi connectivity index (χ3n) is 5.82. The van der Waals surface area contributed by atoms with Crippen molar-refractivity contribution in [1.29, 1.82) is 0 Å². The molecule has 0 bridgehead atoms. The smallest absolute Gasteiger partial charge is 0.333 e. The Bertz CT molecular complexity index is 992. The molecule has 0 fully saturated rings. The highest BCUT2D eigenvalue weighted by Crippen LogP contribution is 2.15. The standard InChI is InChI=1S/C30H43FN2O6/c1-5-38-27(28(34)35)20-23-10-14-26(15-11-23)39-19-17-33(29(36)32-22-30(2,3)4)16-6-7-18-37-21-24-8-12-25(31)13-9-24/h8-15,27H,5-7,16-22H2,1-4H3,(H,32,36)(H,34,35). The van der Waals surface area contributed by atoms with Crippen LogP contribution >= 0.6 is 0 Å². The molecule has 0 aliphatic carbocycles. The molecule has 9 heteroatoms. The number of amides is 2. The van der Waals surface area contributed by atoms with Gasteiger partial charge in [-0.2, -0.15) is 0 Å². The first-order valence-electron chi connectivity index (χ1n) is 13.5. The number of benzene rings is 2. The fraction of sp³-hybridized carbons (Fsp3) is 0.533. The van der Waals surface area contributed by atoms with Crippen LogP contribution in [-0.4, -0.2) is 67.6 Å². The molecule has 0 aliphatic heterocycles. The summed E-state index contributed by atoms with van der Waals surface area (Å²) in [5, 5.41) is 12.3. The lowest BCUT2D eigenvalue weighted by Crippen LogP contribution is -2.45. The van der Waals surface area contributed by atoms with Crippen molar-refractivity contribution >= 4 is 12.0 Å². The number of hydrogen-bond donors (Lipinski definition) is 2. The Morgan fingerprint density at radius 1 is 0.974 bits per heavy atom. The summed E-state index contributed by atoms with van der Waals surface area (Å²) in [5.41, 5.74) is 1.73. The first-order chi connectivity index (χ1) is 18.6. The number of carbonyl (C=O) groups is 2. The highest BCUT2D eigenvalue weighted by Gasteiger charge is 2.19. The number of nitrogens with one attached hydrogen (secondary N) is 1. The summed E-state index contributed by atoms with van der Waals surface area (Å²) in [5.74, 6) is -0.608. The number of aliphatic carboxylic acids is 1. The van der Waals surface area contributed by atoms with Crippen LogP contribution in [0.25, 0.3) is 0 Å². The number of rotatable bonds is 17. The predicted molar refractivity (Wildman–Crippen MR) is 148 cm³/mol. The fourth-order valence-electron chi connectivity index (χ4n) is 3.67. The van der Waals surface area contributed by atoms with Crippen molar-refractivity contribution in [3.8, 4) is 5.75 Å². The second-order valence-corrected chi connectivity index (χ2v) is 10.6. The fourth-order valence-corrected chi connectivity index (χ4v) is 3.67. The van der Waals surface area contributed by atoms with Crippen LogP contribution in [0.2, 0.25) is 0 Å². The van der Waals surface area contributed by atoms with E-state index in [1.165, 1.54) is 12.1 Å². The normalized spacial score (nSPS) is 12.1. The molecule has 216 valence electrons. The van der Waals surface area contributed by atoms with E-state index >= 15 is 0 Å². The van der Waals surface area contributed by atoms with Crippen LogP contribution in [0.4, 0.5) is 9.18 Å². The number of urea groups is 1. The monoisotopic (exact) mass is 546 g/mol. The third-order valence-corrected chi connectivity index (χ3v) is 5.82. The average molecular weight is 547 g/mol. The third kappa shape index (κ3) is 13.5. The van der Waals surface area contributed by atoms with Gasteiger partial charge in [-0.15, -0.1) is 0 Å². The van der Waals surface area contributed by atoms with Crippen molar-refractivity contribution < 1.29 is 33.3 Å². The lowest BCUT2D eigenvalue weighted by Gasteiger charge is -2.26. The number of halogens is 1. The lowest BCUT2D eigenvalue weighted by molar-refractivity contribution is -0.149. The van der Waals surface area contributed by atoms with Crippen LogP contribution in [-0.2, 0) is 27.3 Å². The maximum atomic E-state index is 13.0. The van der Waals surface area contributed by atoms with E-state index in [1.54, 1.807) is 36.1 Å². The number of carbonyl (C=O) groups excluding carboxylic acids is 1. The van der Waals surface area contributed by atoms with Crippen molar-refractivity contribution in [3.05, 3.63) is 65.5 Å². The molecular formula is C30H43FN2O6. The zero-order valence-electron chi connectivity index (χ0n) is 23.6. The number of carboxylic acids is 1. The van der Waals surface area contributed by atoms with Crippen LogP contribution < -0.4 is 10.1 Å². The highest BCUT2D eigenvalue weighted by atomic mass is 19.1. The van der Waals surface area contributed by atoms with Gasteiger partial charge in [0.1, 0.15) is 18.2 Å². The van der Waals surface area contributed by atoms with Gasteiger partial charge >= 0.3 is 12.0 Å². The minimum atomic E-state index is -0.985. The quantitative estimate of drug-likeness (QED) is 0.262. The van der Waals surface area contributed by atoms with E-state index in [0.29, 0.717) is 51.8 Å². The van der Waals surface area contributed by atoms with Crippen LogP contribution in [0, 0.1) is 11.2 Å². The van der Waals surface area contributed by atoms with E-state index in [-0.39, 0.29) is 23.7 Å². The van der Waals surface area contributed by atoms with E-state index in [1.807, 2.05) is 12.1 Å². The maximum Gasteiger partial charge on any atom is 0.333 e. The summed E-state index contributed by atoms with van der Waals surface area (Å²) in [6.07, 6.45) is 0.950. The van der Waals surface area contributed by atoms with E-state index in [2.05, 4.69) is 26.1 Å². The molecule has 2 amide bonds. The molecule has 2 aromatic carbocycles. The number of nitrogens with zero attached hydrogens (tertiary/aromatic N) is 1. The van der Waals surface area contributed by atoms with Crippen molar-refractivity contribution in [2.24, 2.45) is 5.41 Å². The van der Waals surface area contributed by atoms with Gasteiger partial charge in [0, 0.05) is 32.7 Å². The van der Waals surface area contributed by atoms with E-state index in [9.17, 15) is 19.1 Å². The van der Waals surface area contributed by atoms with Crippen LogP contribution in [0.15, 0.2) is 48.5 Å². The van der Waals surface area contributed by atoms with Crippen LogP contribution in [0.1, 0.15) is 51.7 Å². The molecule has 39 heavy (non-hydrogen) atoms. The highest BCUT2D eigenvalue weighted by molar-refractivity contribution is 5.74.